The molecule has 0 saturated carbocycles. The number of aromatic amines is 2. The number of benzene rings is 2. The first-order valence-corrected chi connectivity index (χ1v) is 10.9. The Bertz CT molecular complexity index is 1390. The van der Waals surface area contributed by atoms with Crippen LogP contribution in [-0.4, -0.2) is 49.0 Å². The number of aromatic nitrogens is 2. The summed E-state index contributed by atoms with van der Waals surface area (Å²) in [6.07, 6.45) is -0.440. The van der Waals surface area contributed by atoms with Crippen LogP contribution in [0.15, 0.2) is 56.9 Å². The van der Waals surface area contributed by atoms with E-state index in [-0.39, 0.29) is 15.8 Å². The minimum absolute atomic E-state index is 0.0660. The summed E-state index contributed by atoms with van der Waals surface area (Å²) in [5.74, 6) is 0. The highest BCUT2D eigenvalue weighted by Crippen LogP contribution is 2.29. The summed E-state index contributed by atoms with van der Waals surface area (Å²) in [5, 5.41) is 0.0660. The smallest absolute Gasteiger partial charge is 0.414 e. The van der Waals surface area contributed by atoms with E-state index in [9.17, 15) is 22.8 Å². The number of hydrogen-bond donors (Lipinski definition) is 2. The monoisotopic (exact) mass is 444 g/mol. The highest BCUT2D eigenvalue weighted by molar-refractivity contribution is 7.89. The summed E-state index contributed by atoms with van der Waals surface area (Å²) in [5.41, 5.74) is 0.219. The van der Waals surface area contributed by atoms with Crippen molar-refractivity contribution in [3.8, 4) is 0 Å². The van der Waals surface area contributed by atoms with Gasteiger partial charge in [-0.05, 0) is 42.8 Å². The molecule has 0 aliphatic carbocycles. The molecule has 162 valence electrons. The summed E-state index contributed by atoms with van der Waals surface area (Å²) in [6, 6.07) is 10.4. The lowest BCUT2D eigenvalue weighted by Gasteiger charge is -2.25. The van der Waals surface area contributed by atoms with Crippen LogP contribution in [0.2, 0.25) is 0 Å². The Morgan fingerprint density at radius 2 is 1.87 bits per heavy atom. The molecule has 1 amide bonds. The Labute approximate surface area is 177 Å². The van der Waals surface area contributed by atoms with Crippen molar-refractivity contribution in [3.63, 3.8) is 0 Å². The van der Waals surface area contributed by atoms with Gasteiger partial charge in [-0.2, -0.15) is 4.31 Å². The molecule has 1 aliphatic heterocycles. The van der Waals surface area contributed by atoms with Crippen molar-refractivity contribution in [1.29, 1.82) is 0 Å². The third-order valence-electron chi connectivity index (χ3n) is 5.36. The third-order valence-corrected chi connectivity index (χ3v) is 7.28. The van der Waals surface area contributed by atoms with Gasteiger partial charge in [0.1, 0.15) is 6.61 Å². The van der Waals surface area contributed by atoms with E-state index in [1.807, 2.05) is 0 Å². The average Bonchev–Trinajstić information content (AvgIpc) is 3.18. The van der Waals surface area contributed by atoms with Crippen LogP contribution in [0.4, 0.5) is 10.5 Å². The fraction of sp³-hybridized carbons (Fsp3) is 0.250. The highest BCUT2D eigenvalue weighted by Gasteiger charge is 2.28. The van der Waals surface area contributed by atoms with Crippen molar-refractivity contribution in [2.24, 2.45) is 0 Å². The topological polar surface area (TPSA) is 133 Å². The van der Waals surface area contributed by atoms with E-state index in [2.05, 4.69) is 9.97 Å². The van der Waals surface area contributed by atoms with Gasteiger partial charge in [-0.15, -0.1) is 0 Å². The van der Waals surface area contributed by atoms with Crippen LogP contribution in [-0.2, 0) is 14.8 Å². The maximum absolute atomic E-state index is 13.2. The zero-order chi connectivity index (χ0) is 22.3. The molecule has 1 saturated heterocycles. The van der Waals surface area contributed by atoms with Gasteiger partial charge in [-0.1, -0.05) is 12.1 Å². The van der Waals surface area contributed by atoms with E-state index in [4.69, 9.17) is 4.74 Å². The molecule has 1 unspecified atom stereocenters. The fourth-order valence-corrected chi connectivity index (χ4v) is 4.85. The number of cyclic esters (lactones) is 1. The molecule has 0 radical (unpaired) electrons. The molecule has 2 aromatic carbocycles. The predicted octanol–water partition coefficient (Wildman–Crippen LogP) is 1.55. The van der Waals surface area contributed by atoms with Gasteiger partial charge in [0.05, 0.1) is 22.3 Å². The Balaban J connectivity index is 1.68. The minimum Gasteiger partial charge on any atom is -0.447 e. The SMILES string of the molecule is CC(c1cccc(N2CCOC2=O)c1)N(C)S(=O)(=O)c1ccc2[nH]c(=O)[nH]c(=O)c2c1. The van der Waals surface area contributed by atoms with Crippen LogP contribution in [0.5, 0.6) is 0 Å². The van der Waals surface area contributed by atoms with Gasteiger partial charge >= 0.3 is 11.8 Å². The molecule has 0 bridgehead atoms. The van der Waals surface area contributed by atoms with Crippen LogP contribution in [0.1, 0.15) is 18.5 Å². The number of sulfonamides is 1. The summed E-state index contributed by atoms with van der Waals surface area (Å²) < 4.78 is 32.6. The minimum atomic E-state index is -3.96. The number of anilines is 1. The Kier molecular flexibility index (Phi) is 5.15. The molecule has 10 nitrogen and oxygen atoms in total. The number of nitrogens with one attached hydrogen (secondary N) is 2. The largest absolute Gasteiger partial charge is 0.447 e. The summed E-state index contributed by atoms with van der Waals surface area (Å²) in [6.45, 7) is 2.46. The Hall–Kier alpha value is -3.44. The number of fused-ring (bicyclic) bond motifs is 1. The standard InChI is InChI=1S/C20H20N4O6S/c1-12(13-4-3-5-14(10-13)24-8-9-30-20(24)27)23(2)31(28,29)15-6-7-17-16(11-15)18(25)22-19(26)21-17/h3-7,10-12H,8-9H2,1-2H3,(H2,21,22,25,26). The zero-order valence-corrected chi connectivity index (χ0v) is 17.6. The van der Waals surface area contributed by atoms with E-state index in [0.717, 1.165) is 0 Å². The average molecular weight is 444 g/mol. The van der Waals surface area contributed by atoms with E-state index < -0.39 is 33.4 Å². The maximum atomic E-state index is 13.2. The molecule has 1 atom stereocenters. The van der Waals surface area contributed by atoms with Crippen molar-refractivity contribution >= 4 is 32.7 Å². The number of carbonyl (C=O) groups is 1. The van der Waals surface area contributed by atoms with E-state index in [0.29, 0.717) is 24.4 Å². The van der Waals surface area contributed by atoms with Gasteiger partial charge in [0.2, 0.25) is 10.0 Å². The van der Waals surface area contributed by atoms with Crippen LogP contribution < -0.4 is 16.1 Å². The molecule has 1 aromatic heterocycles. The van der Waals surface area contributed by atoms with Crippen LogP contribution >= 0.6 is 0 Å². The summed E-state index contributed by atoms with van der Waals surface area (Å²) in [7, 11) is -2.52. The molecular formula is C20H20N4O6S. The van der Waals surface area contributed by atoms with Crippen LogP contribution in [0, 0.1) is 0 Å². The first-order chi connectivity index (χ1) is 14.7. The third kappa shape index (κ3) is 3.73. The van der Waals surface area contributed by atoms with Crippen molar-refractivity contribution in [2.75, 3.05) is 25.1 Å². The quantitative estimate of drug-likeness (QED) is 0.614. The molecule has 2 heterocycles. The second kappa shape index (κ2) is 7.67. The molecular weight excluding hydrogens is 424 g/mol. The molecule has 4 rings (SSSR count). The van der Waals surface area contributed by atoms with E-state index in [1.165, 1.54) is 34.5 Å². The predicted molar refractivity (Wildman–Crippen MR) is 114 cm³/mol. The van der Waals surface area contributed by atoms with Gasteiger partial charge in [0.25, 0.3) is 5.56 Å². The van der Waals surface area contributed by atoms with Gasteiger partial charge in [-0.3, -0.25) is 14.7 Å². The first-order valence-electron chi connectivity index (χ1n) is 9.47. The van der Waals surface area contributed by atoms with Crippen LogP contribution in [0.3, 0.4) is 0 Å². The Morgan fingerprint density at radius 1 is 1.10 bits per heavy atom. The van der Waals surface area contributed by atoms with Crippen molar-refractivity contribution in [2.45, 2.75) is 17.9 Å². The maximum Gasteiger partial charge on any atom is 0.414 e. The molecule has 3 aromatic rings. The number of nitrogens with zero attached hydrogens (tertiary/aromatic N) is 2. The van der Waals surface area contributed by atoms with Crippen molar-refractivity contribution < 1.29 is 17.9 Å². The van der Waals surface area contributed by atoms with Gasteiger partial charge in [-0.25, -0.2) is 18.0 Å². The lowest BCUT2D eigenvalue weighted by Crippen LogP contribution is -2.30. The summed E-state index contributed by atoms with van der Waals surface area (Å²) in [4.78, 5) is 41.3. The lowest BCUT2D eigenvalue weighted by molar-refractivity contribution is 0.181. The molecule has 31 heavy (non-hydrogen) atoms. The van der Waals surface area contributed by atoms with E-state index >= 15 is 0 Å². The van der Waals surface area contributed by atoms with Gasteiger partial charge < -0.3 is 9.72 Å². The zero-order valence-electron chi connectivity index (χ0n) is 16.8. The molecule has 2 N–H and O–H groups in total. The number of carbonyl (C=O) groups excluding carboxylic acids is 1. The number of rotatable bonds is 5. The highest BCUT2D eigenvalue weighted by atomic mass is 32.2. The van der Waals surface area contributed by atoms with Crippen molar-refractivity contribution in [1.82, 2.24) is 14.3 Å². The second-order valence-corrected chi connectivity index (χ2v) is 9.17. The summed E-state index contributed by atoms with van der Waals surface area (Å²) >= 11 is 0. The molecule has 1 fully saturated rings. The van der Waals surface area contributed by atoms with Gasteiger partial charge in [0.15, 0.2) is 0 Å². The van der Waals surface area contributed by atoms with Crippen molar-refractivity contribution in [3.05, 3.63) is 68.9 Å². The Morgan fingerprint density at radius 3 is 2.58 bits per heavy atom. The molecule has 11 heteroatoms. The number of hydrogen-bond acceptors (Lipinski definition) is 6. The first kappa shape index (κ1) is 20.8. The molecule has 0 spiro atoms. The number of ether oxygens (including phenoxy) is 1. The number of amides is 1. The molecule has 1 aliphatic rings. The van der Waals surface area contributed by atoms with Gasteiger partial charge in [0, 0.05) is 18.8 Å². The normalized spacial score (nSPS) is 15.5. The number of H-pyrrole nitrogens is 2. The lowest BCUT2D eigenvalue weighted by atomic mass is 10.1. The fourth-order valence-electron chi connectivity index (χ4n) is 3.47. The second-order valence-electron chi connectivity index (χ2n) is 7.17. The van der Waals surface area contributed by atoms with E-state index in [1.54, 1.807) is 31.2 Å². The van der Waals surface area contributed by atoms with Crippen LogP contribution in [0.25, 0.3) is 10.9 Å².